The second-order valence-electron chi connectivity index (χ2n) is 6.57. The highest BCUT2D eigenvalue weighted by Gasteiger charge is 2.30. The van der Waals surface area contributed by atoms with Crippen molar-refractivity contribution in [3.63, 3.8) is 0 Å². The number of esters is 1. The summed E-state index contributed by atoms with van der Waals surface area (Å²) in [5, 5.41) is 5.23. The van der Waals surface area contributed by atoms with Crippen molar-refractivity contribution in [3.8, 4) is 5.75 Å². The third-order valence-corrected chi connectivity index (χ3v) is 3.92. The SMILES string of the molecule is CSCC[C@@H]1NC(=O)c2cc(NC(=O)OC(C)(C)C)ccc2OC1=O. The lowest BCUT2D eigenvalue weighted by atomic mass is 10.1. The molecule has 0 bridgehead atoms. The van der Waals surface area contributed by atoms with Gasteiger partial charge in [-0.15, -0.1) is 0 Å². The highest BCUT2D eigenvalue weighted by molar-refractivity contribution is 7.98. The number of benzene rings is 1. The molecular weight excluding hydrogens is 344 g/mol. The third-order valence-electron chi connectivity index (χ3n) is 3.28. The number of carbonyl (C=O) groups is 3. The summed E-state index contributed by atoms with van der Waals surface area (Å²) in [5.41, 5.74) is -0.0666. The molecule has 1 aromatic carbocycles. The van der Waals surface area contributed by atoms with E-state index in [4.69, 9.17) is 9.47 Å². The highest BCUT2D eigenvalue weighted by atomic mass is 32.2. The Morgan fingerprint density at radius 1 is 1.36 bits per heavy atom. The standard InChI is InChI=1S/C17H22N2O5S/c1-17(2,3)24-16(22)18-10-5-6-13-11(9-10)14(20)19-12(7-8-25-4)15(21)23-13/h5-6,9,12H,7-8H2,1-4H3,(H,18,22)(H,19,20)/t12-/m0/s1. The van der Waals surface area contributed by atoms with Gasteiger partial charge in [-0.1, -0.05) is 0 Å². The predicted molar refractivity (Wildman–Crippen MR) is 96.2 cm³/mol. The van der Waals surface area contributed by atoms with Crippen LogP contribution in [0.1, 0.15) is 37.6 Å². The molecule has 1 aliphatic rings. The van der Waals surface area contributed by atoms with Gasteiger partial charge in [-0.3, -0.25) is 10.1 Å². The highest BCUT2D eigenvalue weighted by Crippen LogP contribution is 2.26. The number of hydrogen-bond acceptors (Lipinski definition) is 6. The van der Waals surface area contributed by atoms with Crippen LogP contribution in [0, 0.1) is 0 Å². The first-order valence-electron chi connectivity index (χ1n) is 7.85. The number of hydrogen-bond donors (Lipinski definition) is 2. The number of thioether (sulfide) groups is 1. The molecule has 136 valence electrons. The normalized spacial score (nSPS) is 17.0. The Balaban J connectivity index is 2.16. The van der Waals surface area contributed by atoms with Crippen molar-refractivity contribution in [3.05, 3.63) is 23.8 Å². The minimum Gasteiger partial charge on any atom is -0.444 e. The van der Waals surface area contributed by atoms with Gasteiger partial charge in [-0.05, 0) is 57.4 Å². The van der Waals surface area contributed by atoms with Crippen molar-refractivity contribution in [2.75, 3.05) is 17.3 Å². The summed E-state index contributed by atoms with van der Waals surface area (Å²) in [7, 11) is 0. The second kappa shape index (κ2) is 7.77. The van der Waals surface area contributed by atoms with E-state index in [0.29, 0.717) is 12.1 Å². The van der Waals surface area contributed by atoms with E-state index >= 15 is 0 Å². The quantitative estimate of drug-likeness (QED) is 0.629. The van der Waals surface area contributed by atoms with Crippen LogP contribution in [0.5, 0.6) is 5.75 Å². The van der Waals surface area contributed by atoms with Crippen molar-refractivity contribution in [2.24, 2.45) is 0 Å². The average Bonchev–Trinajstić information content (AvgIpc) is 2.61. The summed E-state index contributed by atoms with van der Waals surface area (Å²) in [6.07, 6.45) is 1.78. The molecule has 0 aliphatic carbocycles. The fourth-order valence-electron chi connectivity index (χ4n) is 2.20. The molecule has 0 saturated carbocycles. The van der Waals surface area contributed by atoms with Gasteiger partial charge in [0, 0.05) is 5.69 Å². The maximum Gasteiger partial charge on any atom is 0.412 e. The molecule has 1 heterocycles. The van der Waals surface area contributed by atoms with E-state index in [2.05, 4.69) is 10.6 Å². The van der Waals surface area contributed by atoms with E-state index in [-0.39, 0.29) is 11.3 Å². The third kappa shape index (κ3) is 5.38. The summed E-state index contributed by atoms with van der Waals surface area (Å²) >= 11 is 1.58. The fraction of sp³-hybridized carbons (Fsp3) is 0.471. The number of fused-ring (bicyclic) bond motifs is 1. The Labute approximate surface area is 150 Å². The molecule has 2 amide bonds. The van der Waals surface area contributed by atoms with Gasteiger partial charge in [0.05, 0.1) is 5.56 Å². The lowest BCUT2D eigenvalue weighted by Crippen LogP contribution is -2.40. The molecule has 7 nitrogen and oxygen atoms in total. The number of rotatable bonds is 4. The zero-order valence-electron chi connectivity index (χ0n) is 14.7. The number of ether oxygens (including phenoxy) is 2. The first kappa shape index (κ1) is 19.1. The maximum atomic E-state index is 12.4. The van der Waals surface area contributed by atoms with Gasteiger partial charge in [-0.25, -0.2) is 9.59 Å². The minimum absolute atomic E-state index is 0.170. The van der Waals surface area contributed by atoms with E-state index in [1.54, 1.807) is 38.6 Å². The summed E-state index contributed by atoms with van der Waals surface area (Å²) in [5.74, 6) is -0.0142. The molecule has 8 heteroatoms. The minimum atomic E-state index is -0.686. The summed E-state index contributed by atoms with van der Waals surface area (Å²) in [4.78, 5) is 36.4. The van der Waals surface area contributed by atoms with Crippen LogP contribution in [-0.4, -0.2) is 41.6 Å². The topological polar surface area (TPSA) is 93.7 Å². The predicted octanol–water partition coefficient (Wildman–Crippen LogP) is 2.80. The lowest BCUT2D eigenvalue weighted by molar-refractivity contribution is -0.136. The maximum absolute atomic E-state index is 12.4. The van der Waals surface area contributed by atoms with Crippen LogP contribution in [0.25, 0.3) is 0 Å². The Morgan fingerprint density at radius 2 is 2.08 bits per heavy atom. The molecule has 0 unspecified atom stereocenters. The average molecular weight is 366 g/mol. The molecule has 0 spiro atoms. The smallest absolute Gasteiger partial charge is 0.412 e. The molecule has 1 aliphatic heterocycles. The van der Waals surface area contributed by atoms with Gasteiger partial charge < -0.3 is 14.8 Å². The fourth-order valence-corrected chi connectivity index (χ4v) is 2.67. The molecule has 2 rings (SSSR count). The number of anilines is 1. The van der Waals surface area contributed by atoms with Crippen LogP contribution in [0.2, 0.25) is 0 Å². The van der Waals surface area contributed by atoms with E-state index in [9.17, 15) is 14.4 Å². The van der Waals surface area contributed by atoms with E-state index in [1.807, 2.05) is 6.26 Å². The van der Waals surface area contributed by atoms with Crippen molar-refractivity contribution in [2.45, 2.75) is 38.8 Å². The Hall–Kier alpha value is -2.22. The van der Waals surface area contributed by atoms with Crippen LogP contribution >= 0.6 is 11.8 Å². The van der Waals surface area contributed by atoms with Gasteiger partial charge in [0.15, 0.2) is 0 Å². The summed E-state index contributed by atoms with van der Waals surface area (Å²) < 4.78 is 10.5. The molecule has 0 saturated heterocycles. The molecule has 0 radical (unpaired) electrons. The number of nitrogens with one attached hydrogen (secondary N) is 2. The molecule has 1 aromatic rings. The van der Waals surface area contributed by atoms with Crippen LogP contribution in [0.3, 0.4) is 0 Å². The first-order valence-corrected chi connectivity index (χ1v) is 9.24. The number of carbonyl (C=O) groups excluding carboxylic acids is 3. The Morgan fingerprint density at radius 3 is 2.72 bits per heavy atom. The Bertz CT molecular complexity index is 684. The van der Waals surface area contributed by atoms with Gasteiger partial charge in [0.1, 0.15) is 17.4 Å². The van der Waals surface area contributed by atoms with E-state index in [0.717, 1.165) is 5.75 Å². The molecule has 0 aromatic heterocycles. The van der Waals surface area contributed by atoms with Gasteiger partial charge in [0.2, 0.25) is 0 Å². The van der Waals surface area contributed by atoms with Gasteiger partial charge in [-0.2, -0.15) is 11.8 Å². The first-order chi connectivity index (χ1) is 11.7. The molecule has 1 atom stereocenters. The molecule has 2 N–H and O–H groups in total. The molecular formula is C17H22N2O5S. The monoisotopic (exact) mass is 366 g/mol. The zero-order valence-corrected chi connectivity index (χ0v) is 15.5. The van der Waals surface area contributed by atoms with Crippen LogP contribution in [0.15, 0.2) is 18.2 Å². The van der Waals surface area contributed by atoms with Crippen molar-refractivity contribution in [1.29, 1.82) is 0 Å². The molecule has 25 heavy (non-hydrogen) atoms. The second-order valence-corrected chi connectivity index (χ2v) is 7.55. The van der Waals surface area contributed by atoms with Crippen molar-refractivity contribution < 1.29 is 23.9 Å². The summed E-state index contributed by atoms with van der Waals surface area (Å²) in [6, 6.07) is 3.80. The van der Waals surface area contributed by atoms with Gasteiger partial charge >= 0.3 is 12.1 Å². The van der Waals surface area contributed by atoms with Crippen LogP contribution in [0.4, 0.5) is 10.5 Å². The number of amides is 2. The van der Waals surface area contributed by atoms with Gasteiger partial charge in [0.25, 0.3) is 5.91 Å². The Kier molecular flexibility index (Phi) is 5.94. The van der Waals surface area contributed by atoms with E-state index < -0.39 is 29.6 Å². The van der Waals surface area contributed by atoms with Crippen molar-refractivity contribution >= 4 is 35.4 Å². The van der Waals surface area contributed by atoms with Crippen molar-refractivity contribution in [1.82, 2.24) is 5.32 Å². The lowest BCUT2D eigenvalue weighted by Gasteiger charge is -2.19. The zero-order chi connectivity index (χ0) is 18.6. The largest absolute Gasteiger partial charge is 0.444 e. The van der Waals surface area contributed by atoms with Crippen LogP contribution in [-0.2, 0) is 9.53 Å². The van der Waals surface area contributed by atoms with Crippen LogP contribution < -0.4 is 15.4 Å². The summed E-state index contributed by atoms with van der Waals surface area (Å²) in [6.45, 7) is 5.27. The molecule has 0 fully saturated rings. The van der Waals surface area contributed by atoms with E-state index in [1.165, 1.54) is 12.1 Å².